The second-order valence-corrected chi connectivity index (χ2v) is 7.99. The largest absolute Gasteiger partial charge is 0.453 e. The van der Waals surface area contributed by atoms with E-state index >= 15 is 0 Å². The van der Waals surface area contributed by atoms with Gasteiger partial charge in [-0.05, 0) is 31.7 Å². The highest BCUT2D eigenvalue weighted by molar-refractivity contribution is 5.91. The molecule has 0 spiro atoms. The molecule has 3 heterocycles. The zero-order valence-corrected chi connectivity index (χ0v) is 16.9. The van der Waals surface area contributed by atoms with Crippen molar-refractivity contribution in [2.45, 2.75) is 50.2 Å². The number of nitrogens with zero attached hydrogens (tertiary/aromatic N) is 5. The van der Waals surface area contributed by atoms with Crippen LogP contribution in [0.4, 0.5) is 17.6 Å². The number of carbonyl (C=O) groups is 1. The molecule has 0 saturated heterocycles. The number of halogens is 4. The van der Waals surface area contributed by atoms with Gasteiger partial charge in [-0.1, -0.05) is 0 Å². The molecule has 1 amide bonds. The molecular weight excluding hydrogens is 432 g/mol. The lowest BCUT2D eigenvalue weighted by molar-refractivity contribution is -0.144. The van der Waals surface area contributed by atoms with Gasteiger partial charge in [-0.2, -0.15) is 18.2 Å². The minimum absolute atomic E-state index is 0.0935. The summed E-state index contributed by atoms with van der Waals surface area (Å²) in [6, 6.07) is 1.03. The van der Waals surface area contributed by atoms with Crippen LogP contribution in [0.1, 0.15) is 71.2 Å². The van der Waals surface area contributed by atoms with Crippen molar-refractivity contribution < 1.29 is 26.8 Å². The average molecular weight is 450 g/mol. The summed E-state index contributed by atoms with van der Waals surface area (Å²) in [5.41, 5.74) is 1.41. The van der Waals surface area contributed by atoms with Crippen LogP contribution in [0.5, 0.6) is 0 Å². The highest BCUT2D eigenvalue weighted by Crippen LogP contribution is 2.41. The summed E-state index contributed by atoms with van der Waals surface area (Å²) >= 11 is 0. The van der Waals surface area contributed by atoms with Gasteiger partial charge >= 0.3 is 6.18 Å². The number of carbonyl (C=O) groups excluding carboxylic acids is 1. The summed E-state index contributed by atoms with van der Waals surface area (Å²) in [4.78, 5) is 24.5. The van der Waals surface area contributed by atoms with Crippen molar-refractivity contribution in [3.63, 3.8) is 0 Å². The fourth-order valence-corrected chi connectivity index (χ4v) is 3.82. The average Bonchev–Trinajstić information content (AvgIpc) is 3.35. The van der Waals surface area contributed by atoms with E-state index in [1.165, 1.54) is 7.05 Å². The maximum Gasteiger partial charge on any atom is 0.453 e. The van der Waals surface area contributed by atoms with Crippen molar-refractivity contribution in [2.24, 2.45) is 7.05 Å². The Morgan fingerprint density at radius 2 is 2.03 bits per heavy atom. The van der Waals surface area contributed by atoms with Crippen LogP contribution in [0.2, 0.25) is 0 Å². The van der Waals surface area contributed by atoms with Crippen molar-refractivity contribution in [2.75, 3.05) is 0 Å². The molecule has 32 heavy (non-hydrogen) atoms. The van der Waals surface area contributed by atoms with Crippen LogP contribution in [0.15, 0.2) is 16.7 Å². The molecule has 1 saturated carbocycles. The highest BCUT2D eigenvalue weighted by atomic mass is 19.4. The third-order valence-corrected chi connectivity index (χ3v) is 5.58. The molecule has 0 bridgehead atoms. The Balaban J connectivity index is 1.41. The standard InChI is InChI=1S/C20H18F4N6O2/c1-30-16(28-19(29-30)20(22,23)24)17(31)26-12-3-2-4-14-15(12)27-18(32-14)10-7-13(9-5-6-9)25-8-11(10)21/h7-9,12H,2-6H2,1H3,(H,26,31)/t12-/m1/s1. The van der Waals surface area contributed by atoms with E-state index in [0.29, 0.717) is 36.6 Å². The van der Waals surface area contributed by atoms with Gasteiger partial charge in [0.2, 0.25) is 11.7 Å². The molecule has 0 radical (unpaired) electrons. The van der Waals surface area contributed by atoms with Crippen LogP contribution in [-0.4, -0.2) is 30.6 Å². The molecule has 0 aromatic carbocycles. The fraction of sp³-hybridized carbons (Fsp3) is 0.450. The third kappa shape index (κ3) is 3.73. The van der Waals surface area contributed by atoms with E-state index in [1.54, 1.807) is 6.07 Å². The number of hydrogen-bond acceptors (Lipinski definition) is 6. The molecule has 0 aliphatic heterocycles. The van der Waals surface area contributed by atoms with E-state index in [1.807, 2.05) is 0 Å². The van der Waals surface area contributed by atoms with Crippen molar-refractivity contribution in [3.05, 3.63) is 46.9 Å². The number of rotatable bonds is 4. The minimum Gasteiger partial charge on any atom is -0.441 e. The summed E-state index contributed by atoms with van der Waals surface area (Å²) in [6.07, 6.45) is 0.116. The monoisotopic (exact) mass is 450 g/mol. The van der Waals surface area contributed by atoms with Gasteiger partial charge in [-0.25, -0.2) is 14.1 Å². The summed E-state index contributed by atoms with van der Waals surface area (Å²) in [5.74, 6) is -2.32. The molecule has 12 heteroatoms. The van der Waals surface area contributed by atoms with Gasteiger partial charge in [0.15, 0.2) is 5.82 Å². The Kier molecular flexibility index (Phi) is 4.75. The number of amides is 1. The van der Waals surface area contributed by atoms with Gasteiger partial charge in [-0.3, -0.25) is 9.78 Å². The zero-order valence-electron chi connectivity index (χ0n) is 16.9. The second-order valence-electron chi connectivity index (χ2n) is 7.99. The highest BCUT2D eigenvalue weighted by Gasteiger charge is 2.38. The fourth-order valence-electron chi connectivity index (χ4n) is 3.82. The zero-order chi connectivity index (χ0) is 22.6. The third-order valence-electron chi connectivity index (χ3n) is 5.58. The quantitative estimate of drug-likeness (QED) is 0.609. The van der Waals surface area contributed by atoms with E-state index in [-0.39, 0.29) is 11.5 Å². The first-order chi connectivity index (χ1) is 15.2. The van der Waals surface area contributed by atoms with Crippen LogP contribution in [-0.2, 0) is 19.6 Å². The van der Waals surface area contributed by atoms with Gasteiger partial charge in [0, 0.05) is 25.1 Å². The predicted octanol–water partition coefficient (Wildman–Crippen LogP) is 3.71. The summed E-state index contributed by atoms with van der Waals surface area (Å²) in [6.45, 7) is 0. The van der Waals surface area contributed by atoms with Crippen LogP contribution in [0, 0.1) is 5.82 Å². The number of alkyl halides is 3. The summed E-state index contributed by atoms with van der Waals surface area (Å²) in [7, 11) is 1.21. The molecule has 1 fully saturated rings. The Labute approximate surface area is 179 Å². The summed E-state index contributed by atoms with van der Waals surface area (Å²) < 4.78 is 59.6. The number of pyridine rings is 1. The number of aryl methyl sites for hydroxylation is 2. The Hall–Kier alpha value is -3.31. The van der Waals surface area contributed by atoms with E-state index in [0.717, 1.165) is 29.4 Å². The van der Waals surface area contributed by atoms with Crippen molar-refractivity contribution in [3.8, 4) is 11.5 Å². The van der Waals surface area contributed by atoms with Crippen molar-refractivity contribution >= 4 is 5.91 Å². The van der Waals surface area contributed by atoms with Gasteiger partial charge < -0.3 is 9.73 Å². The number of oxazole rings is 1. The molecule has 2 aliphatic rings. The van der Waals surface area contributed by atoms with Gasteiger partial charge in [-0.15, -0.1) is 5.10 Å². The molecule has 1 N–H and O–H groups in total. The molecule has 8 nitrogen and oxygen atoms in total. The molecule has 2 aliphatic carbocycles. The predicted molar refractivity (Wildman–Crippen MR) is 101 cm³/mol. The minimum atomic E-state index is -4.76. The smallest absolute Gasteiger partial charge is 0.441 e. The van der Waals surface area contributed by atoms with Crippen molar-refractivity contribution in [1.82, 2.24) is 30.0 Å². The van der Waals surface area contributed by atoms with E-state index < -0.39 is 35.6 Å². The lowest BCUT2D eigenvalue weighted by atomic mass is 9.97. The van der Waals surface area contributed by atoms with E-state index in [4.69, 9.17) is 4.42 Å². The molecule has 5 rings (SSSR count). The van der Waals surface area contributed by atoms with Gasteiger partial charge in [0.25, 0.3) is 11.7 Å². The molecule has 1 atom stereocenters. The SMILES string of the molecule is Cn1nc(C(F)(F)F)nc1C(=O)N[C@@H]1CCCc2oc(-c3cc(C4CC4)ncc3F)nc21. The summed E-state index contributed by atoms with van der Waals surface area (Å²) in [5, 5.41) is 5.92. The molecule has 168 valence electrons. The van der Waals surface area contributed by atoms with Gasteiger partial charge in [0.05, 0.1) is 17.8 Å². The lowest BCUT2D eigenvalue weighted by Crippen LogP contribution is -2.32. The first-order valence-corrected chi connectivity index (χ1v) is 10.1. The van der Waals surface area contributed by atoms with Gasteiger partial charge in [0.1, 0.15) is 11.5 Å². The van der Waals surface area contributed by atoms with E-state index in [2.05, 4.69) is 25.4 Å². The van der Waals surface area contributed by atoms with E-state index in [9.17, 15) is 22.4 Å². The second kappa shape index (κ2) is 7.38. The first kappa shape index (κ1) is 20.6. The Morgan fingerprint density at radius 3 is 2.72 bits per heavy atom. The number of fused-ring (bicyclic) bond motifs is 1. The number of aromatic nitrogens is 5. The van der Waals surface area contributed by atoms with Crippen LogP contribution in [0.25, 0.3) is 11.5 Å². The Morgan fingerprint density at radius 1 is 1.25 bits per heavy atom. The van der Waals surface area contributed by atoms with Crippen molar-refractivity contribution in [1.29, 1.82) is 0 Å². The lowest BCUT2D eigenvalue weighted by Gasteiger charge is -2.20. The maximum absolute atomic E-state index is 14.4. The molecule has 3 aromatic heterocycles. The van der Waals surface area contributed by atoms with Crippen LogP contribution < -0.4 is 5.32 Å². The van der Waals surface area contributed by atoms with Crippen LogP contribution in [0.3, 0.4) is 0 Å². The number of hydrogen-bond donors (Lipinski definition) is 1. The normalized spacial score (nSPS) is 18.5. The maximum atomic E-state index is 14.4. The first-order valence-electron chi connectivity index (χ1n) is 10.1. The van der Waals surface area contributed by atoms with Crippen LogP contribution >= 0.6 is 0 Å². The molecular formula is C20H18F4N6O2. The Bertz CT molecular complexity index is 1200. The number of nitrogens with one attached hydrogen (secondary N) is 1. The topological polar surface area (TPSA) is 98.7 Å². The molecule has 3 aromatic rings. The molecule has 0 unspecified atom stereocenters.